The number of carbonyl (C=O) groups excluding carboxylic acids is 1. The molecule has 2 aromatic heterocycles. The first-order chi connectivity index (χ1) is 10.6. The van der Waals surface area contributed by atoms with Gasteiger partial charge in [0.2, 0.25) is 5.78 Å². The molecule has 0 spiro atoms. The van der Waals surface area contributed by atoms with Gasteiger partial charge in [0.05, 0.1) is 23.3 Å². The van der Waals surface area contributed by atoms with Crippen LogP contribution < -0.4 is 10.1 Å². The van der Waals surface area contributed by atoms with Gasteiger partial charge in [0.15, 0.2) is 5.82 Å². The number of aromatic nitrogens is 3. The predicted octanol–water partition coefficient (Wildman–Crippen LogP) is 2.89. The number of imidazole rings is 1. The number of fused-ring (bicyclic) bond motifs is 1. The largest absolute Gasteiger partial charge is 0.497 e. The van der Waals surface area contributed by atoms with Gasteiger partial charge in [0, 0.05) is 12.4 Å². The fraction of sp³-hybridized carbons (Fsp3) is 0.0714. The predicted molar refractivity (Wildman–Crippen MR) is 81.6 cm³/mol. The van der Waals surface area contributed by atoms with Gasteiger partial charge >= 0.3 is 0 Å². The van der Waals surface area contributed by atoms with Crippen LogP contribution in [0.2, 0.25) is 0 Å². The number of rotatable bonds is 3. The minimum atomic E-state index is -0.636. The molecule has 112 valence electrons. The highest BCUT2D eigenvalue weighted by molar-refractivity contribution is 9.10. The Morgan fingerprint density at radius 1 is 1.41 bits per heavy atom. The molecule has 0 atom stereocenters. The van der Waals surface area contributed by atoms with E-state index in [9.17, 15) is 9.18 Å². The molecule has 6 nitrogen and oxygen atoms in total. The quantitative estimate of drug-likeness (QED) is 0.775. The van der Waals surface area contributed by atoms with Crippen molar-refractivity contribution in [2.24, 2.45) is 0 Å². The lowest BCUT2D eigenvalue weighted by Gasteiger charge is -2.05. The topological polar surface area (TPSA) is 68.5 Å². The zero-order valence-corrected chi connectivity index (χ0v) is 13.0. The molecule has 1 aromatic carbocycles. The van der Waals surface area contributed by atoms with Crippen molar-refractivity contribution in [3.63, 3.8) is 0 Å². The molecule has 0 bridgehead atoms. The number of carbonyl (C=O) groups is 1. The van der Waals surface area contributed by atoms with Crippen molar-refractivity contribution in [1.82, 2.24) is 14.4 Å². The Labute approximate surface area is 133 Å². The van der Waals surface area contributed by atoms with Crippen LogP contribution >= 0.6 is 15.9 Å². The van der Waals surface area contributed by atoms with Crippen LogP contribution in [-0.4, -0.2) is 27.4 Å². The van der Waals surface area contributed by atoms with Gasteiger partial charge in [0.25, 0.3) is 5.91 Å². The smallest absolute Gasteiger partial charge is 0.259 e. The Morgan fingerprint density at radius 3 is 3.00 bits per heavy atom. The summed E-state index contributed by atoms with van der Waals surface area (Å²) in [5, 5.41) is 2.54. The molecule has 0 saturated carbocycles. The van der Waals surface area contributed by atoms with E-state index in [-0.39, 0.29) is 11.4 Å². The number of methoxy groups -OCH3 is 1. The molecule has 3 rings (SSSR count). The van der Waals surface area contributed by atoms with Crippen molar-refractivity contribution in [1.29, 1.82) is 0 Å². The number of hydrogen-bond donors (Lipinski definition) is 1. The van der Waals surface area contributed by atoms with Crippen LogP contribution in [0.15, 0.2) is 41.3 Å². The van der Waals surface area contributed by atoms with Crippen molar-refractivity contribution >= 4 is 33.4 Å². The van der Waals surface area contributed by atoms with Crippen LogP contribution in [0.1, 0.15) is 10.4 Å². The maximum atomic E-state index is 13.8. The summed E-state index contributed by atoms with van der Waals surface area (Å²) >= 11 is 3.29. The molecule has 1 amide bonds. The number of amides is 1. The summed E-state index contributed by atoms with van der Waals surface area (Å²) < 4.78 is 21.2. The summed E-state index contributed by atoms with van der Waals surface area (Å²) in [6.45, 7) is 0. The molecule has 0 aliphatic rings. The lowest BCUT2D eigenvalue weighted by molar-refractivity contribution is 0.102. The molecule has 22 heavy (non-hydrogen) atoms. The molecule has 1 N–H and O–H groups in total. The van der Waals surface area contributed by atoms with E-state index in [1.807, 2.05) is 0 Å². The van der Waals surface area contributed by atoms with E-state index in [1.165, 1.54) is 25.3 Å². The lowest BCUT2D eigenvalue weighted by Crippen LogP contribution is -2.14. The van der Waals surface area contributed by atoms with Crippen LogP contribution in [0.3, 0.4) is 0 Å². The summed E-state index contributed by atoms with van der Waals surface area (Å²) in [6.07, 6.45) is 4.93. The lowest BCUT2D eigenvalue weighted by atomic mass is 10.2. The van der Waals surface area contributed by atoms with Gasteiger partial charge in [0.1, 0.15) is 11.6 Å². The third-order valence-corrected chi connectivity index (χ3v) is 3.35. The van der Waals surface area contributed by atoms with Gasteiger partial charge < -0.3 is 10.1 Å². The highest BCUT2D eigenvalue weighted by Crippen LogP contribution is 2.18. The van der Waals surface area contributed by atoms with E-state index in [1.54, 1.807) is 23.0 Å². The third kappa shape index (κ3) is 2.77. The number of ether oxygens (including phenoxy) is 1. The van der Waals surface area contributed by atoms with Gasteiger partial charge in [-0.3, -0.25) is 9.20 Å². The molecule has 0 aliphatic heterocycles. The van der Waals surface area contributed by atoms with E-state index in [2.05, 4.69) is 31.2 Å². The molecule has 8 heteroatoms. The van der Waals surface area contributed by atoms with Crippen LogP contribution in [-0.2, 0) is 0 Å². The third-order valence-electron chi connectivity index (χ3n) is 2.94. The van der Waals surface area contributed by atoms with Gasteiger partial charge in [-0.25, -0.2) is 9.37 Å². The van der Waals surface area contributed by atoms with Crippen molar-refractivity contribution in [2.45, 2.75) is 0 Å². The summed E-state index contributed by atoms with van der Waals surface area (Å²) in [4.78, 5) is 20.4. The first-order valence-corrected chi connectivity index (χ1v) is 7.01. The second kappa shape index (κ2) is 5.72. The molecule has 2 heterocycles. The molecule has 0 radical (unpaired) electrons. The van der Waals surface area contributed by atoms with Gasteiger partial charge in [-0.2, -0.15) is 4.98 Å². The van der Waals surface area contributed by atoms with Crippen molar-refractivity contribution in [3.05, 3.63) is 52.6 Å². The number of benzene rings is 1. The van der Waals surface area contributed by atoms with Crippen LogP contribution in [0.25, 0.3) is 5.78 Å². The minimum Gasteiger partial charge on any atom is -0.497 e. The average molecular weight is 365 g/mol. The Morgan fingerprint density at radius 2 is 2.23 bits per heavy atom. The fourth-order valence-electron chi connectivity index (χ4n) is 1.91. The zero-order chi connectivity index (χ0) is 15.7. The molecule has 0 aliphatic carbocycles. The fourth-order valence-corrected chi connectivity index (χ4v) is 2.23. The highest BCUT2D eigenvalue weighted by Gasteiger charge is 2.15. The van der Waals surface area contributed by atoms with E-state index in [4.69, 9.17) is 4.74 Å². The van der Waals surface area contributed by atoms with E-state index in [0.29, 0.717) is 11.5 Å². The maximum Gasteiger partial charge on any atom is 0.259 e. The summed E-state index contributed by atoms with van der Waals surface area (Å²) in [5.41, 5.74) is -0.120. The summed E-state index contributed by atoms with van der Waals surface area (Å²) in [5.74, 6) is -0.156. The molecular formula is C14H10BrFN4O2. The second-order valence-electron chi connectivity index (χ2n) is 4.41. The number of hydrogen-bond acceptors (Lipinski definition) is 4. The standard InChI is InChI=1S/C14H10BrFN4O2/c1-22-9-2-3-11(16)10(4-9)13(21)18-12-7-20-6-8(15)5-17-14(20)19-12/h2-7H,1H3,(H,18,21). The van der Waals surface area contributed by atoms with Crippen molar-refractivity contribution < 1.29 is 13.9 Å². The Kier molecular flexibility index (Phi) is 3.76. The Hall–Kier alpha value is -2.48. The summed E-state index contributed by atoms with van der Waals surface area (Å²) in [6, 6.07) is 3.95. The van der Waals surface area contributed by atoms with Crippen molar-refractivity contribution in [2.75, 3.05) is 12.4 Å². The first-order valence-electron chi connectivity index (χ1n) is 6.22. The number of anilines is 1. The summed E-state index contributed by atoms with van der Waals surface area (Å²) in [7, 11) is 1.45. The van der Waals surface area contributed by atoms with Gasteiger partial charge in [-0.05, 0) is 34.1 Å². The molecular weight excluding hydrogens is 355 g/mol. The zero-order valence-electron chi connectivity index (χ0n) is 11.4. The Balaban J connectivity index is 1.89. The normalized spacial score (nSPS) is 10.7. The monoisotopic (exact) mass is 364 g/mol. The molecule has 0 unspecified atom stereocenters. The van der Waals surface area contributed by atoms with E-state index in [0.717, 1.165) is 4.47 Å². The van der Waals surface area contributed by atoms with Crippen molar-refractivity contribution in [3.8, 4) is 5.75 Å². The minimum absolute atomic E-state index is 0.120. The second-order valence-corrected chi connectivity index (χ2v) is 5.32. The number of nitrogens with one attached hydrogen (secondary N) is 1. The molecule has 0 saturated heterocycles. The Bertz CT molecular complexity index is 865. The van der Waals surface area contributed by atoms with Gasteiger partial charge in [-0.15, -0.1) is 0 Å². The van der Waals surface area contributed by atoms with E-state index < -0.39 is 11.7 Å². The van der Waals surface area contributed by atoms with Crippen LogP contribution in [0.5, 0.6) is 5.75 Å². The number of halogens is 2. The maximum absolute atomic E-state index is 13.8. The van der Waals surface area contributed by atoms with E-state index >= 15 is 0 Å². The average Bonchev–Trinajstić information content (AvgIpc) is 2.88. The SMILES string of the molecule is COc1ccc(F)c(C(=O)Nc2cn3cc(Br)cnc3n2)c1. The van der Waals surface area contributed by atoms with Gasteiger partial charge in [-0.1, -0.05) is 0 Å². The first kappa shape index (κ1) is 14.5. The molecule has 0 fully saturated rings. The van der Waals surface area contributed by atoms with Crippen LogP contribution in [0.4, 0.5) is 10.2 Å². The number of nitrogens with zero attached hydrogens (tertiary/aromatic N) is 3. The van der Waals surface area contributed by atoms with Crippen LogP contribution in [0, 0.1) is 5.82 Å². The molecule has 3 aromatic rings. The highest BCUT2D eigenvalue weighted by atomic mass is 79.9.